The highest BCUT2D eigenvalue weighted by atomic mass is 16.5. The van der Waals surface area contributed by atoms with Gasteiger partial charge in [0.2, 0.25) is 11.8 Å². The van der Waals surface area contributed by atoms with Gasteiger partial charge in [0.15, 0.2) is 0 Å². The third-order valence-corrected chi connectivity index (χ3v) is 5.51. The number of rotatable bonds is 6. The minimum absolute atomic E-state index is 0.0151. The van der Waals surface area contributed by atoms with Crippen molar-refractivity contribution in [3.8, 4) is 11.6 Å². The molecule has 0 spiro atoms. The fourth-order valence-electron chi connectivity index (χ4n) is 4.19. The number of pyridine rings is 1. The zero-order valence-electron chi connectivity index (χ0n) is 14.7. The van der Waals surface area contributed by atoms with Crippen LogP contribution in [0, 0.1) is 17.8 Å². The summed E-state index contributed by atoms with van der Waals surface area (Å²) < 4.78 is 11.2. The van der Waals surface area contributed by atoms with Crippen LogP contribution in [-0.4, -0.2) is 36.6 Å². The van der Waals surface area contributed by atoms with Gasteiger partial charge in [0.1, 0.15) is 12.4 Å². The van der Waals surface area contributed by atoms with Gasteiger partial charge < -0.3 is 20.5 Å². The van der Waals surface area contributed by atoms with Crippen molar-refractivity contribution in [2.75, 3.05) is 13.7 Å². The van der Waals surface area contributed by atoms with Crippen LogP contribution in [0.15, 0.2) is 24.4 Å². The topological polar surface area (TPSA) is 104 Å². The lowest BCUT2D eigenvalue weighted by atomic mass is 10.1. The van der Waals surface area contributed by atoms with E-state index in [1.807, 2.05) is 0 Å². The van der Waals surface area contributed by atoms with E-state index in [0.29, 0.717) is 35.6 Å². The maximum atomic E-state index is 12.0. The summed E-state index contributed by atoms with van der Waals surface area (Å²) in [6.45, 7) is 2.48. The molecule has 1 unspecified atom stereocenters. The van der Waals surface area contributed by atoms with E-state index in [4.69, 9.17) is 15.2 Å². The average Bonchev–Trinajstić information content (AvgIpc) is 3.29. The van der Waals surface area contributed by atoms with Crippen molar-refractivity contribution in [3.05, 3.63) is 30.0 Å². The van der Waals surface area contributed by atoms with Crippen molar-refractivity contribution < 1.29 is 19.1 Å². The molecule has 1 aromatic heterocycles. The molecule has 4 rings (SSSR count). The van der Waals surface area contributed by atoms with E-state index in [0.717, 1.165) is 17.2 Å². The number of nitrogens with two attached hydrogens (primary N) is 1. The van der Waals surface area contributed by atoms with Gasteiger partial charge >= 0.3 is 0 Å². The molecule has 1 aliphatic heterocycles. The molecule has 136 valence electrons. The molecule has 7 heteroatoms. The van der Waals surface area contributed by atoms with Crippen LogP contribution in [0.2, 0.25) is 0 Å². The number of ether oxygens (including phenoxy) is 2. The summed E-state index contributed by atoms with van der Waals surface area (Å²) in [7, 11) is 1.48. The zero-order valence-corrected chi connectivity index (χ0v) is 14.7. The molecular weight excluding hydrogens is 334 g/mol. The van der Waals surface area contributed by atoms with E-state index in [9.17, 15) is 9.59 Å². The van der Waals surface area contributed by atoms with Crippen molar-refractivity contribution in [1.29, 1.82) is 0 Å². The van der Waals surface area contributed by atoms with E-state index < -0.39 is 5.91 Å². The first-order valence-corrected chi connectivity index (χ1v) is 8.74. The normalized spacial score (nSPS) is 26.3. The smallest absolute Gasteiger partial charge is 0.252 e. The summed E-state index contributed by atoms with van der Waals surface area (Å²) in [4.78, 5) is 27.9. The van der Waals surface area contributed by atoms with Crippen LogP contribution in [0.5, 0.6) is 11.6 Å². The largest absolute Gasteiger partial charge is 0.496 e. The predicted octanol–water partition coefficient (Wildman–Crippen LogP) is 1.49. The summed E-state index contributed by atoms with van der Waals surface area (Å²) in [6, 6.07) is 5.18. The Balaban J connectivity index is 1.59. The molecule has 2 aromatic rings. The first-order valence-electron chi connectivity index (χ1n) is 8.74. The molecule has 7 nitrogen and oxygen atoms in total. The number of nitrogens with zero attached hydrogens (tertiary/aromatic N) is 1. The van der Waals surface area contributed by atoms with Gasteiger partial charge in [-0.15, -0.1) is 0 Å². The van der Waals surface area contributed by atoms with E-state index in [1.165, 1.54) is 7.11 Å². The van der Waals surface area contributed by atoms with Crippen LogP contribution >= 0.6 is 0 Å². The highest BCUT2D eigenvalue weighted by molar-refractivity contribution is 6.01. The van der Waals surface area contributed by atoms with Crippen LogP contribution in [-0.2, 0) is 4.79 Å². The number of hydrogen-bond acceptors (Lipinski definition) is 5. The molecule has 1 saturated carbocycles. The highest BCUT2D eigenvalue weighted by Crippen LogP contribution is 2.54. The van der Waals surface area contributed by atoms with E-state index in [-0.39, 0.29) is 17.9 Å². The third-order valence-electron chi connectivity index (χ3n) is 5.51. The summed E-state index contributed by atoms with van der Waals surface area (Å²) >= 11 is 0. The molecule has 2 amide bonds. The Kier molecular flexibility index (Phi) is 3.94. The molecule has 0 bridgehead atoms. The Labute approximate surface area is 150 Å². The zero-order chi connectivity index (χ0) is 18.4. The number of nitrogens with one attached hydrogen (secondary N) is 1. The van der Waals surface area contributed by atoms with Gasteiger partial charge in [0.05, 0.1) is 18.7 Å². The molecule has 2 aliphatic rings. The van der Waals surface area contributed by atoms with Crippen molar-refractivity contribution in [1.82, 2.24) is 10.3 Å². The maximum absolute atomic E-state index is 12.0. The molecule has 3 N–H and O–H groups in total. The van der Waals surface area contributed by atoms with Crippen LogP contribution in [0.25, 0.3) is 10.8 Å². The first kappa shape index (κ1) is 16.6. The number of benzene rings is 1. The molecule has 1 aromatic carbocycles. The Hall–Kier alpha value is -2.83. The van der Waals surface area contributed by atoms with Gasteiger partial charge in [-0.05, 0) is 35.4 Å². The number of piperidine rings is 1. The van der Waals surface area contributed by atoms with Crippen molar-refractivity contribution in [3.63, 3.8) is 0 Å². The number of carbonyl (C=O) groups is 2. The predicted molar refractivity (Wildman–Crippen MR) is 95.0 cm³/mol. The number of fused-ring (bicyclic) bond motifs is 2. The lowest BCUT2D eigenvalue weighted by molar-refractivity contribution is -0.121. The second-order valence-electron chi connectivity index (χ2n) is 6.86. The number of amides is 2. The van der Waals surface area contributed by atoms with Gasteiger partial charge in [0.25, 0.3) is 5.91 Å². The summed E-state index contributed by atoms with van der Waals surface area (Å²) in [5.74, 6) is 1.38. The molecule has 4 atom stereocenters. The molecule has 0 radical (unpaired) electrons. The van der Waals surface area contributed by atoms with Crippen LogP contribution < -0.4 is 20.5 Å². The molecule has 26 heavy (non-hydrogen) atoms. The SMILES string of the molecule is CC[C@@H]1C2[C@H]1C(=O)N[C@@H]2COc1nccc2cc(C(N)=O)c(OC)cc12. The van der Waals surface area contributed by atoms with Crippen LogP contribution in [0.4, 0.5) is 0 Å². The Morgan fingerprint density at radius 3 is 2.85 bits per heavy atom. The summed E-state index contributed by atoms with van der Waals surface area (Å²) in [5, 5.41) is 4.53. The first-order chi connectivity index (χ1) is 12.5. The minimum atomic E-state index is -0.554. The van der Waals surface area contributed by atoms with E-state index in [2.05, 4.69) is 17.2 Å². The third kappa shape index (κ3) is 2.55. The molecule has 1 aliphatic carbocycles. The van der Waals surface area contributed by atoms with Crippen molar-refractivity contribution in [2.24, 2.45) is 23.5 Å². The Bertz CT molecular complexity index is 898. The minimum Gasteiger partial charge on any atom is -0.496 e. The van der Waals surface area contributed by atoms with Crippen LogP contribution in [0.3, 0.4) is 0 Å². The van der Waals surface area contributed by atoms with Crippen molar-refractivity contribution in [2.45, 2.75) is 19.4 Å². The number of methoxy groups -OCH3 is 1. The van der Waals surface area contributed by atoms with Gasteiger partial charge in [-0.25, -0.2) is 4.98 Å². The molecule has 2 fully saturated rings. The Morgan fingerprint density at radius 2 is 2.19 bits per heavy atom. The lowest BCUT2D eigenvalue weighted by Gasteiger charge is -2.17. The van der Waals surface area contributed by atoms with Gasteiger partial charge in [-0.2, -0.15) is 0 Å². The number of carbonyl (C=O) groups excluding carboxylic acids is 2. The summed E-state index contributed by atoms with van der Waals surface area (Å²) in [6.07, 6.45) is 2.63. The molecule has 2 heterocycles. The monoisotopic (exact) mass is 355 g/mol. The van der Waals surface area contributed by atoms with Gasteiger partial charge in [0, 0.05) is 17.5 Å². The number of aromatic nitrogens is 1. The highest BCUT2D eigenvalue weighted by Gasteiger charge is 2.62. The van der Waals surface area contributed by atoms with Crippen molar-refractivity contribution >= 4 is 22.6 Å². The lowest BCUT2D eigenvalue weighted by Crippen LogP contribution is -2.37. The fourth-order valence-corrected chi connectivity index (χ4v) is 4.19. The standard InChI is InChI=1S/C19H21N3O4/c1-3-10-15-13(22-18(24)16(10)15)8-26-19-11-7-14(25-2)12(17(20)23)6-9(11)4-5-21-19/h4-7,10,13,15-16H,3,8H2,1-2H3,(H2,20,23)(H,22,24)/t10-,13-,15?,16+/m1/s1. The number of primary amides is 1. The van der Waals surface area contributed by atoms with Crippen LogP contribution in [0.1, 0.15) is 23.7 Å². The quantitative estimate of drug-likeness (QED) is 0.817. The second-order valence-corrected chi connectivity index (χ2v) is 6.86. The fraction of sp³-hybridized carbons (Fsp3) is 0.421. The molecule has 1 saturated heterocycles. The van der Waals surface area contributed by atoms with Gasteiger partial charge in [-0.3, -0.25) is 9.59 Å². The second kappa shape index (κ2) is 6.16. The Morgan fingerprint density at radius 1 is 1.38 bits per heavy atom. The van der Waals surface area contributed by atoms with E-state index >= 15 is 0 Å². The maximum Gasteiger partial charge on any atom is 0.252 e. The van der Waals surface area contributed by atoms with E-state index in [1.54, 1.807) is 24.4 Å². The average molecular weight is 355 g/mol. The molecular formula is C19H21N3O4. The summed E-state index contributed by atoms with van der Waals surface area (Å²) in [5.41, 5.74) is 5.73. The van der Waals surface area contributed by atoms with Gasteiger partial charge in [-0.1, -0.05) is 13.3 Å². The number of hydrogen-bond donors (Lipinski definition) is 2.